The summed E-state index contributed by atoms with van der Waals surface area (Å²) in [6.07, 6.45) is 7.78. The van der Waals surface area contributed by atoms with Gasteiger partial charge in [-0.1, -0.05) is 0 Å². The lowest BCUT2D eigenvalue weighted by Crippen LogP contribution is -2.14. The first-order chi connectivity index (χ1) is 9.25. The van der Waals surface area contributed by atoms with Crippen LogP contribution in [0.15, 0.2) is 30.2 Å². The molecule has 0 aromatic carbocycles. The smallest absolute Gasteiger partial charge is 0.336 e. The van der Waals surface area contributed by atoms with Gasteiger partial charge in [0.05, 0.1) is 11.9 Å². The Kier molecular flexibility index (Phi) is 5.11. The summed E-state index contributed by atoms with van der Waals surface area (Å²) >= 11 is 1.48. The number of carbonyl (C=O) groups is 1. The fraction of sp³-hybridized carbons (Fsp3) is 0.385. The van der Waals surface area contributed by atoms with Gasteiger partial charge in [0.25, 0.3) is 0 Å². The van der Waals surface area contributed by atoms with E-state index < -0.39 is 5.97 Å². The van der Waals surface area contributed by atoms with Gasteiger partial charge >= 0.3 is 5.97 Å². The Bertz CT molecular complexity index is 508. The Hall–Kier alpha value is -1.66. The molecule has 2 heterocycles. The van der Waals surface area contributed by atoms with Crippen LogP contribution in [0.1, 0.15) is 28.1 Å². The lowest BCUT2D eigenvalue weighted by Gasteiger charge is -2.04. The highest BCUT2D eigenvalue weighted by atomic mass is 32.1. The summed E-state index contributed by atoms with van der Waals surface area (Å²) in [5.74, 6) is -0.858. The minimum Gasteiger partial charge on any atom is -0.478 e. The van der Waals surface area contributed by atoms with Crippen LogP contribution in [-0.2, 0) is 13.1 Å². The van der Waals surface area contributed by atoms with Gasteiger partial charge in [-0.3, -0.25) is 0 Å². The average molecular weight is 279 g/mol. The standard InChI is InChI=1S/C13H17N3O2S/c17-13(18)11-7-12(19-9-11)8-14-3-1-2-5-16-6-4-15-10-16/h4,6-7,9-10,14H,1-3,5,8H2,(H,17,18). The van der Waals surface area contributed by atoms with E-state index in [1.807, 2.05) is 12.5 Å². The minimum atomic E-state index is -0.858. The number of unbranched alkanes of at least 4 members (excludes halogenated alkanes) is 1. The van der Waals surface area contributed by atoms with Crippen molar-refractivity contribution in [3.05, 3.63) is 40.6 Å². The number of hydrogen-bond donors (Lipinski definition) is 2. The van der Waals surface area contributed by atoms with Crippen molar-refractivity contribution in [1.29, 1.82) is 0 Å². The van der Waals surface area contributed by atoms with E-state index in [2.05, 4.69) is 14.9 Å². The van der Waals surface area contributed by atoms with Crippen LogP contribution < -0.4 is 5.32 Å². The van der Waals surface area contributed by atoms with Gasteiger partial charge in [0.15, 0.2) is 0 Å². The molecule has 2 rings (SSSR count). The molecule has 0 bridgehead atoms. The number of rotatable bonds is 8. The molecule has 0 amide bonds. The zero-order chi connectivity index (χ0) is 13.5. The number of aromatic nitrogens is 2. The summed E-state index contributed by atoms with van der Waals surface area (Å²) in [4.78, 5) is 15.8. The van der Waals surface area contributed by atoms with Gasteiger partial charge in [-0.25, -0.2) is 9.78 Å². The van der Waals surface area contributed by atoms with Crippen molar-refractivity contribution in [1.82, 2.24) is 14.9 Å². The summed E-state index contributed by atoms with van der Waals surface area (Å²) in [5, 5.41) is 13.8. The second kappa shape index (κ2) is 7.06. The van der Waals surface area contributed by atoms with Crippen LogP contribution >= 0.6 is 11.3 Å². The summed E-state index contributed by atoms with van der Waals surface area (Å²) in [6.45, 7) is 2.67. The van der Waals surface area contributed by atoms with Crippen LogP contribution in [0.2, 0.25) is 0 Å². The van der Waals surface area contributed by atoms with E-state index in [-0.39, 0.29) is 0 Å². The SMILES string of the molecule is O=C(O)c1csc(CNCCCCn2ccnc2)c1. The van der Waals surface area contributed by atoms with Gasteiger partial charge < -0.3 is 15.0 Å². The number of aryl methyl sites for hydroxylation is 1. The molecule has 0 saturated carbocycles. The summed E-state index contributed by atoms with van der Waals surface area (Å²) in [6, 6.07) is 1.73. The molecule has 0 saturated heterocycles. The number of aromatic carboxylic acids is 1. The molecule has 102 valence electrons. The third-order valence-electron chi connectivity index (χ3n) is 2.78. The van der Waals surface area contributed by atoms with Gasteiger partial charge in [-0.2, -0.15) is 0 Å². The van der Waals surface area contributed by atoms with Crippen LogP contribution in [-0.4, -0.2) is 27.2 Å². The highest BCUT2D eigenvalue weighted by Crippen LogP contribution is 2.14. The number of hydrogen-bond acceptors (Lipinski definition) is 4. The van der Waals surface area contributed by atoms with E-state index in [0.29, 0.717) is 5.56 Å². The Morgan fingerprint density at radius 3 is 3.05 bits per heavy atom. The number of carboxylic acid groups (broad SMARTS) is 1. The quantitative estimate of drug-likeness (QED) is 0.727. The fourth-order valence-corrected chi connectivity index (χ4v) is 2.59. The first-order valence-corrected chi connectivity index (χ1v) is 7.11. The Morgan fingerprint density at radius 2 is 2.37 bits per heavy atom. The molecular weight excluding hydrogens is 262 g/mol. The predicted molar refractivity (Wildman–Crippen MR) is 74.4 cm³/mol. The molecule has 0 aliphatic heterocycles. The second-order valence-corrected chi connectivity index (χ2v) is 5.29. The Morgan fingerprint density at radius 1 is 1.47 bits per heavy atom. The van der Waals surface area contributed by atoms with Crippen molar-refractivity contribution in [2.45, 2.75) is 25.9 Å². The van der Waals surface area contributed by atoms with Crippen molar-refractivity contribution >= 4 is 17.3 Å². The molecule has 0 aliphatic rings. The molecule has 0 atom stereocenters. The van der Waals surface area contributed by atoms with Crippen LogP contribution in [0, 0.1) is 0 Å². The van der Waals surface area contributed by atoms with E-state index in [9.17, 15) is 4.79 Å². The van der Waals surface area contributed by atoms with Gasteiger partial charge in [0.2, 0.25) is 0 Å². The summed E-state index contributed by atoms with van der Waals surface area (Å²) < 4.78 is 2.07. The maximum absolute atomic E-state index is 10.7. The number of thiophene rings is 1. The summed E-state index contributed by atoms with van der Waals surface area (Å²) in [7, 11) is 0. The molecule has 0 unspecified atom stereocenters. The van der Waals surface area contributed by atoms with Gasteiger partial charge in [-0.05, 0) is 25.5 Å². The first kappa shape index (κ1) is 13.8. The fourth-order valence-electron chi connectivity index (χ4n) is 1.76. The molecule has 0 spiro atoms. The molecule has 6 heteroatoms. The van der Waals surface area contributed by atoms with Crippen LogP contribution in [0.25, 0.3) is 0 Å². The van der Waals surface area contributed by atoms with Crippen LogP contribution in [0.4, 0.5) is 0 Å². The topological polar surface area (TPSA) is 67.2 Å². The highest BCUT2D eigenvalue weighted by Gasteiger charge is 2.05. The van der Waals surface area contributed by atoms with Gasteiger partial charge in [-0.15, -0.1) is 11.3 Å². The van der Waals surface area contributed by atoms with E-state index >= 15 is 0 Å². The van der Waals surface area contributed by atoms with Crippen molar-refractivity contribution < 1.29 is 9.90 Å². The molecule has 0 aliphatic carbocycles. The molecule has 0 fully saturated rings. The lowest BCUT2D eigenvalue weighted by molar-refractivity contribution is 0.0697. The van der Waals surface area contributed by atoms with Crippen molar-refractivity contribution in [3.63, 3.8) is 0 Å². The number of nitrogens with zero attached hydrogens (tertiary/aromatic N) is 2. The predicted octanol–water partition coefficient (Wildman–Crippen LogP) is 2.21. The molecule has 5 nitrogen and oxygen atoms in total. The van der Waals surface area contributed by atoms with Gasteiger partial charge in [0, 0.05) is 35.7 Å². The maximum Gasteiger partial charge on any atom is 0.336 e. The largest absolute Gasteiger partial charge is 0.478 e. The molecule has 19 heavy (non-hydrogen) atoms. The van der Waals surface area contributed by atoms with E-state index in [1.54, 1.807) is 17.6 Å². The van der Waals surface area contributed by atoms with Crippen molar-refractivity contribution in [2.24, 2.45) is 0 Å². The monoisotopic (exact) mass is 279 g/mol. The third-order valence-corrected chi connectivity index (χ3v) is 3.72. The Balaban J connectivity index is 1.57. The van der Waals surface area contributed by atoms with E-state index in [4.69, 9.17) is 5.11 Å². The highest BCUT2D eigenvalue weighted by molar-refractivity contribution is 7.10. The van der Waals surface area contributed by atoms with E-state index in [1.165, 1.54) is 11.3 Å². The first-order valence-electron chi connectivity index (χ1n) is 6.23. The minimum absolute atomic E-state index is 0.377. The molecule has 2 aromatic heterocycles. The molecular formula is C13H17N3O2S. The molecule has 0 radical (unpaired) electrons. The van der Waals surface area contributed by atoms with Crippen molar-refractivity contribution in [3.8, 4) is 0 Å². The second-order valence-electron chi connectivity index (χ2n) is 4.29. The zero-order valence-corrected chi connectivity index (χ0v) is 11.4. The van der Waals surface area contributed by atoms with Gasteiger partial charge in [0.1, 0.15) is 0 Å². The molecule has 2 aromatic rings. The van der Waals surface area contributed by atoms with Crippen LogP contribution in [0.5, 0.6) is 0 Å². The third kappa shape index (κ3) is 4.50. The number of nitrogens with one attached hydrogen (secondary N) is 1. The Labute approximate surface area is 115 Å². The number of imidazole rings is 1. The summed E-state index contributed by atoms with van der Waals surface area (Å²) in [5.41, 5.74) is 0.377. The van der Waals surface area contributed by atoms with Crippen LogP contribution in [0.3, 0.4) is 0 Å². The average Bonchev–Trinajstić information content (AvgIpc) is 3.04. The zero-order valence-electron chi connectivity index (χ0n) is 10.6. The normalized spacial score (nSPS) is 10.7. The van der Waals surface area contributed by atoms with Crippen molar-refractivity contribution in [2.75, 3.05) is 6.54 Å². The lowest BCUT2D eigenvalue weighted by atomic mass is 10.3. The maximum atomic E-state index is 10.7. The van der Waals surface area contributed by atoms with E-state index in [0.717, 1.165) is 37.4 Å². The molecule has 2 N–H and O–H groups in total. The number of carboxylic acids is 1.